The first-order valence-corrected chi connectivity index (χ1v) is 7.19. The largest absolute Gasteiger partial charge is 0.481 e. The Labute approximate surface area is 117 Å². The summed E-state index contributed by atoms with van der Waals surface area (Å²) in [6.45, 7) is 7.26. The Morgan fingerprint density at radius 2 is 2.16 bits per heavy atom. The number of thiazole rings is 1. The normalized spacial score (nSPS) is 12.4. The third-order valence-electron chi connectivity index (χ3n) is 2.89. The van der Waals surface area contributed by atoms with Crippen molar-refractivity contribution in [3.8, 4) is 16.6 Å². The van der Waals surface area contributed by atoms with Crippen molar-refractivity contribution in [1.29, 1.82) is 0 Å². The molecule has 0 bridgehead atoms. The van der Waals surface area contributed by atoms with E-state index in [2.05, 4.69) is 29.1 Å². The third kappa shape index (κ3) is 3.11. The van der Waals surface area contributed by atoms with E-state index in [0.29, 0.717) is 11.9 Å². The van der Waals surface area contributed by atoms with Crippen LogP contribution in [0.15, 0.2) is 18.2 Å². The molecule has 0 aliphatic heterocycles. The lowest BCUT2D eigenvalue weighted by Gasteiger charge is -2.09. The summed E-state index contributed by atoms with van der Waals surface area (Å²) in [6.07, 6.45) is 0. The van der Waals surface area contributed by atoms with Gasteiger partial charge in [0.2, 0.25) is 5.88 Å². The second kappa shape index (κ2) is 6.12. The third-order valence-corrected chi connectivity index (χ3v) is 4.25. The number of pyridine rings is 1. The fraction of sp³-hybridized carbons (Fsp3) is 0.429. The smallest absolute Gasteiger partial charge is 0.213 e. The van der Waals surface area contributed by atoms with Crippen LogP contribution >= 0.6 is 11.3 Å². The number of hydrogen-bond acceptors (Lipinski definition) is 5. The molecule has 0 fully saturated rings. The molecule has 2 aromatic rings. The maximum atomic E-state index is 5.15. The van der Waals surface area contributed by atoms with E-state index >= 15 is 0 Å². The first kappa shape index (κ1) is 14.0. The van der Waals surface area contributed by atoms with E-state index in [1.54, 1.807) is 18.4 Å². The zero-order chi connectivity index (χ0) is 13.8. The van der Waals surface area contributed by atoms with Crippen molar-refractivity contribution in [2.24, 2.45) is 0 Å². The number of rotatable bonds is 5. The van der Waals surface area contributed by atoms with Crippen LogP contribution in [0.25, 0.3) is 10.7 Å². The minimum absolute atomic E-state index is 0.321. The Balaban J connectivity index is 2.33. The number of aryl methyl sites for hydroxylation is 1. The molecule has 0 aliphatic carbocycles. The molecule has 2 heterocycles. The van der Waals surface area contributed by atoms with Crippen molar-refractivity contribution in [3.05, 3.63) is 28.8 Å². The van der Waals surface area contributed by atoms with Crippen molar-refractivity contribution in [1.82, 2.24) is 15.3 Å². The summed E-state index contributed by atoms with van der Waals surface area (Å²) in [7, 11) is 1.62. The Bertz CT molecular complexity index is 553. The van der Waals surface area contributed by atoms with Gasteiger partial charge in [0, 0.05) is 17.0 Å². The first-order valence-electron chi connectivity index (χ1n) is 6.37. The average molecular weight is 277 g/mol. The van der Waals surface area contributed by atoms with Gasteiger partial charge in [0.25, 0.3) is 0 Å². The van der Waals surface area contributed by atoms with Crippen LogP contribution in [0.2, 0.25) is 0 Å². The molecule has 5 heteroatoms. The highest BCUT2D eigenvalue weighted by molar-refractivity contribution is 7.15. The molecule has 2 rings (SSSR count). The van der Waals surface area contributed by atoms with Crippen molar-refractivity contribution >= 4 is 11.3 Å². The fourth-order valence-electron chi connectivity index (χ4n) is 1.97. The van der Waals surface area contributed by atoms with E-state index in [1.807, 2.05) is 25.1 Å². The summed E-state index contributed by atoms with van der Waals surface area (Å²) in [6, 6.07) is 6.06. The van der Waals surface area contributed by atoms with Crippen LogP contribution in [0.4, 0.5) is 0 Å². The molecule has 1 N–H and O–H groups in total. The van der Waals surface area contributed by atoms with Gasteiger partial charge in [0.1, 0.15) is 10.7 Å². The quantitative estimate of drug-likeness (QED) is 0.911. The van der Waals surface area contributed by atoms with Crippen LogP contribution in [0.5, 0.6) is 5.88 Å². The Kier molecular flexibility index (Phi) is 4.50. The lowest BCUT2D eigenvalue weighted by atomic mass is 10.2. The molecule has 2 aromatic heterocycles. The molecule has 0 radical (unpaired) electrons. The molecule has 1 unspecified atom stereocenters. The van der Waals surface area contributed by atoms with Crippen LogP contribution in [0.3, 0.4) is 0 Å². The number of aromatic nitrogens is 2. The first-order chi connectivity index (χ1) is 9.15. The molecule has 4 nitrogen and oxygen atoms in total. The summed E-state index contributed by atoms with van der Waals surface area (Å²) >= 11 is 1.69. The zero-order valence-corrected chi connectivity index (χ0v) is 12.5. The Morgan fingerprint density at radius 3 is 2.84 bits per heavy atom. The van der Waals surface area contributed by atoms with Gasteiger partial charge in [0.05, 0.1) is 12.8 Å². The highest BCUT2D eigenvalue weighted by atomic mass is 32.1. The lowest BCUT2D eigenvalue weighted by molar-refractivity contribution is 0.398. The molecule has 0 aliphatic rings. The second-order valence-corrected chi connectivity index (χ2v) is 5.34. The fourth-order valence-corrected chi connectivity index (χ4v) is 3.03. The minimum atomic E-state index is 0.321. The summed E-state index contributed by atoms with van der Waals surface area (Å²) < 4.78 is 5.15. The predicted molar refractivity (Wildman–Crippen MR) is 78.7 cm³/mol. The van der Waals surface area contributed by atoms with Gasteiger partial charge in [-0.1, -0.05) is 13.0 Å². The summed E-state index contributed by atoms with van der Waals surface area (Å²) in [5, 5.41) is 4.36. The molecule has 0 saturated carbocycles. The Morgan fingerprint density at radius 1 is 1.37 bits per heavy atom. The van der Waals surface area contributed by atoms with Crippen LogP contribution in [-0.4, -0.2) is 23.6 Å². The van der Waals surface area contributed by atoms with E-state index in [-0.39, 0.29) is 0 Å². The summed E-state index contributed by atoms with van der Waals surface area (Å²) in [5.74, 6) is 0.617. The SMILES string of the molecule is CCNC(C)c1sc(-c2cccc(OC)n2)nc1C. The molecule has 0 spiro atoms. The van der Waals surface area contributed by atoms with Crippen LogP contribution in [-0.2, 0) is 0 Å². The monoisotopic (exact) mass is 277 g/mol. The molecule has 1 atom stereocenters. The highest BCUT2D eigenvalue weighted by Gasteiger charge is 2.15. The van der Waals surface area contributed by atoms with Gasteiger partial charge in [0.15, 0.2) is 0 Å². The molecular formula is C14H19N3OS. The van der Waals surface area contributed by atoms with E-state index in [0.717, 1.165) is 22.9 Å². The zero-order valence-electron chi connectivity index (χ0n) is 11.7. The summed E-state index contributed by atoms with van der Waals surface area (Å²) in [5.41, 5.74) is 1.93. The maximum Gasteiger partial charge on any atom is 0.213 e. The number of nitrogens with zero attached hydrogens (tertiary/aromatic N) is 2. The minimum Gasteiger partial charge on any atom is -0.481 e. The summed E-state index contributed by atoms with van der Waals surface area (Å²) in [4.78, 5) is 10.3. The van der Waals surface area contributed by atoms with Crippen LogP contribution < -0.4 is 10.1 Å². The van der Waals surface area contributed by atoms with Gasteiger partial charge in [-0.05, 0) is 26.5 Å². The number of ether oxygens (including phenoxy) is 1. The van der Waals surface area contributed by atoms with Crippen molar-refractivity contribution in [3.63, 3.8) is 0 Å². The number of nitrogens with one attached hydrogen (secondary N) is 1. The van der Waals surface area contributed by atoms with Gasteiger partial charge >= 0.3 is 0 Å². The van der Waals surface area contributed by atoms with Crippen molar-refractivity contribution in [2.75, 3.05) is 13.7 Å². The molecule has 0 amide bonds. The van der Waals surface area contributed by atoms with Gasteiger partial charge in [-0.2, -0.15) is 0 Å². The molecule has 0 saturated heterocycles. The molecular weight excluding hydrogens is 258 g/mol. The lowest BCUT2D eigenvalue weighted by Crippen LogP contribution is -2.17. The van der Waals surface area contributed by atoms with E-state index in [9.17, 15) is 0 Å². The average Bonchev–Trinajstić information content (AvgIpc) is 2.81. The van der Waals surface area contributed by atoms with E-state index in [1.165, 1.54) is 4.88 Å². The number of hydrogen-bond donors (Lipinski definition) is 1. The topological polar surface area (TPSA) is 47.0 Å². The maximum absolute atomic E-state index is 5.15. The molecule has 0 aromatic carbocycles. The van der Waals surface area contributed by atoms with Crippen molar-refractivity contribution < 1.29 is 4.74 Å². The van der Waals surface area contributed by atoms with Gasteiger partial charge in [-0.3, -0.25) is 0 Å². The predicted octanol–water partition coefficient (Wildman–Crippen LogP) is 3.19. The molecule has 19 heavy (non-hydrogen) atoms. The standard InChI is InChI=1S/C14H19N3OS/c1-5-15-9(2)13-10(3)16-14(19-13)11-7-6-8-12(17-11)18-4/h6-9,15H,5H2,1-4H3. The van der Waals surface area contributed by atoms with E-state index < -0.39 is 0 Å². The van der Waals surface area contributed by atoms with Gasteiger partial charge in [-0.25, -0.2) is 9.97 Å². The van der Waals surface area contributed by atoms with Crippen molar-refractivity contribution in [2.45, 2.75) is 26.8 Å². The van der Waals surface area contributed by atoms with Crippen LogP contribution in [0, 0.1) is 6.92 Å². The second-order valence-electron chi connectivity index (χ2n) is 4.31. The van der Waals surface area contributed by atoms with Gasteiger partial charge < -0.3 is 10.1 Å². The molecule has 102 valence electrons. The highest BCUT2D eigenvalue weighted by Crippen LogP contribution is 2.31. The van der Waals surface area contributed by atoms with E-state index in [4.69, 9.17) is 4.74 Å². The Hall–Kier alpha value is -1.46. The van der Waals surface area contributed by atoms with Gasteiger partial charge in [-0.15, -0.1) is 11.3 Å². The number of methoxy groups -OCH3 is 1. The van der Waals surface area contributed by atoms with Crippen LogP contribution in [0.1, 0.15) is 30.5 Å².